The molecule has 0 saturated carbocycles. The summed E-state index contributed by atoms with van der Waals surface area (Å²) in [5.74, 6) is -1.07. The molecule has 0 bridgehead atoms. The van der Waals surface area contributed by atoms with Crippen LogP contribution in [-0.2, 0) is 9.53 Å². The molecule has 0 saturated heterocycles. The fourth-order valence-electron chi connectivity index (χ4n) is 2.59. The Morgan fingerprint density at radius 3 is 2.73 bits per heavy atom. The molecule has 1 aliphatic heterocycles. The van der Waals surface area contributed by atoms with E-state index in [4.69, 9.17) is 4.74 Å². The molecule has 0 unspecified atom stereocenters. The summed E-state index contributed by atoms with van der Waals surface area (Å²) in [6, 6.07) is 16.1. The first kappa shape index (κ1) is 17.5. The third-order valence-corrected chi connectivity index (χ3v) is 3.91. The Morgan fingerprint density at radius 2 is 2.00 bits per heavy atom. The highest BCUT2D eigenvalue weighted by atomic mass is 16.5. The number of esters is 1. The van der Waals surface area contributed by atoms with Gasteiger partial charge in [-0.2, -0.15) is 10.1 Å². The molecule has 6 heteroatoms. The topological polar surface area (TPSA) is 71.3 Å². The van der Waals surface area contributed by atoms with Crippen molar-refractivity contribution in [2.75, 3.05) is 11.6 Å². The molecule has 2 aromatic rings. The van der Waals surface area contributed by atoms with Crippen molar-refractivity contribution in [2.45, 2.75) is 13.8 Å². The van der Waals surface area contributed by atoms with Gasteiger partial charge in [0.15, 0.2) is 0 Å². The van der Waals surface area contributed by atoms with Crippen LogP contribution in [0.5, 0.6) is 0 Å². The number of benzene rings is 2. The molecule has 1 atom stereocenters. The number of para-hydroxylation sites is 1. The summed E-state index contributed by atoms with van der Waals surface area (Å²) in [5.41, 5.74) is 2.39. The number of ether oxygens (including phenoxy) is 1. The third-order valence-electron chi connectivity index (χ3n) is 3.91. The normalized spacial score (nSPS) is 16.8. The second-order valence-corrected chi connectivity index (χ2v) is 5.75. The maximum atomic E-state index is 12.6. The van der Waals surface area contributed by atoms with E-state index < -0.39 is 11.9 Å². The van der Waals surface area contributed by atoms with Gasteiger partial charge in [0.2, 0.25) is 0 Å². The maximum absolute atomic E-state index is 12.6. The molecule has 6 nitrogen and oxygen atoms in total. The monoisotopic (exact) mass is 349 g/mol. The second-order valence-electron chi connectivity index (χ2n) is 5.75. The molecule has 1 amide bonds. The van der Waals surface area contributed by atoms with E-state index in [-0.39, 0.29) is 5.91 Å². The molecule has 3 rings (SSSR count). The number of hydrogen-bond acceptors (Lipinski definition) is 5. The van der Waals surface area contributed by atoms with Gasteiger partial charge in [0.1, 0.15) is 5.92 Å². The summed E-state index contributed by atoms with van der Waals surface area (Å²) in [4.78, 5) is 28.8. The lowest BCUT2D eigenvalue weighted by Gasteiger charge is -2.12. The zero-order valence-electron chi connectivity index (χ0n) is 14.6. The molecule has 0 spiro atoms. The van der Waals surface area contributed by atoms with Crippen molar-refractivity contribution in [1.82, 2.24) is 0 Å². The molecule has 0 aliphatic carbocycles. The average Bonchev–Trinajstić information content (AvgIpc) is 2.95. The summed E-state index contributed by atoms with van der Waals surface area (Å²) >= 11 is 0. The van der Waals surface area contributed by atoms with Crippen molar-refractivity contribution < 1.29 is 14.3 Å². The third kappa shape index (κ3) is 3.69. The van der Waals surface area contributed by atoms with Crippen molar-refractivity contribution >= 4 is 35.2 Å². The first-order chi connectivity index (χ1) is 12.6. The van der Waals surface area contributed by atoms with Gasteiger partial charge in [-0.05, 0) is 44.2 Å². The van der Waals surface area contributed by atoms with Crippen LogP contribution in [0.3, 0.4) is 0 Å². The number of amides is 1. The predicted molar refractivity (Wildman–Crippen MR) is 101 cm³/mol. The summed E-state index contributed by atoms with van der Waals surface area (Å²) in [5, 5.41) is 5.73. The first-order valence-corrected chi connectivity index (χ1v) is 8.35. The Kier molecular flexibility index (Phi) is 5.22. The van der Waals surface area contributed by atoms with Crippen molar-refractivity contribution in [2.24, 2.45) is 16.0 Å². The van der Waals surface area contributed by atoms with Crippen molar-refractivity contribution in [3.63, 3.8) is 0 Å². The molecule has 26 heavy (non-hydrogen) atoms. The molecule has 0 radical (unpaired) electrons. The van der Waals surface area contributed by atoms with Crippen LogP contribution in [0.2, 0.25) is 0 Å². The number of aliphatic imine (C=N–C) groups is 1. The quantitative estimate of drug-likeness (QED) is 0.611. The summed E-state index contributed by atoms with van der Waals surface area (Å²) < 4.78 is 4.99. The minimum absolute atomic E-state index is 0.154. The van der Waals surface area contributed by atoms with E-state index in [1.54, 1.807) is 44.3 Å². The van der Waals surface area contributed by atoms with Crippen LogP contribution in [0.4, 0.5) is 11.4 Å². The fraction of sp³-hybridized carbons (Fsp3) is 0.200. The molecular formula is C20H19N3O3. The van der Waals surface area contributed by atoms with Crippen LogP contribution in [0.1, 0.15) is 24.2 Å². The van der Waals surface area contributed by atoms with E-state index >= 15 is 0 Å². The SMILES string of the molecule is CCOC(=O)c1cccc(N=C[C@H]2C(=O)N(c3ccccc3)N=C2C)c1. The Balaban J connectivity index is 1.77. The number of anilines is 1. The molecular weight excluding hydrogens is 330 g/mol. The number of rotatable bonds is 5. The van der Waals surface area contributed by atoms with Gasteiger partial charge in [-0.15, -0.1) is 0 Å². The standard InChI is InChI=1S/C20H19N3O3/c1-3-26-20(25)15-8-7-9-16(12-15)21-13-18-14(2)22-23(19(18)24)17-10-5-4-6-11-17/h4-13,18H,3H2,1-2H3/t18-/m1/s1. The number of hydrazone groups is 1. The summed E-state index contributed by atoms with van der Waals surface area (Å²) in [6.07, 6.45) is 1.56. The number of carbonyl (C=O) groups is 2. The molecule has 1 heterocycles. The van der Waals surface area contributed by atoms with Gasteiger partial charge in [-0.1, -0.05) is 24.3 Å². The van der Waals surface area contributed by atoms with Crippen LogP contribution in [0.25, 0.3) is 0 Å². The van der Waals surface area contributed by atoms with Crippen LogP contribution in [0, 0.1) is 5.92 Å². The molecule has 0 fully saturated rings. The van der Waals surface area contributed by atoms with Gasteiger partial charge < -0.3 is 4.74 Å². The smallest absolute Gasteiger partial charge is 0.338 e. The Labute approximate surface area is 151 Å². The fourth-order valence-corrected chi connectivity index (χ4v) is 2.59. The van der Waals surface area contributed by atoms with Gasteiger partial charge in [-0.25, -0.2) is 4.79 Å². The highest BCUT2D eigenvalue weighted by Crippen LogP contribution is 2.23. The van der Waals surface area contributed by atoms with Crippen molar-refractivity contribution in [3.05, 3.63) is 60.2 Å². The lowest BCUT2D eigenvalue weighted by Crippen LogP contribution is -2.27. The average molecular weight is 349 g/mol. The molecule has 2 aromatic carbocycles. The highest BCUT2D eigenvalue weighted by Gasteiger charge is 2.33. The van der Waals surface area contributed by atoms with Crippen molar-refractivity contribution in [1.29, 1.82) is 0 Å². The van der Waals surface area contributed by atoms with Gasteiger partial charge in [0, 0.05) is 6.21 Å². The largest absolute Gasteiger partial charge is 0.462 e. The molecule has 1 aliphatic rings. The van der Waals surface area contributed by atoms with Crippen LogP contribution in [0.15, 0.2) is 64.7 Å². The number of nitrogens with zero attached hydrogens (tertiary/aromatic N) is 3. The van der Waals surface area contributed by atoms with Gasteiger partial charge >= 0.3 is 5.97 Å². The lowest BCUT2D eigenvalue weighted by atomic mass is 10.1. The van der Waals surface area contributed by atoms with Crippen LogP contribution >= 0.6 is 0 Å². The minimum atomic E-state index is -0.526. The minimum Gasteiger partial charge on any atom is -0.462 e. The van der Waals surface area contributed by atoms with Crippen LogP contribution in [-0.4, -0.2) is 30.4 Å². The Bertz CT molecular complexity index is 875. The number of carbonyl (C=O) groups excluding carboxylic acids is 2. The second kappa shape index (κ2) is 7.74. The summed E-state index contributed by atoms with van der Waals surface area (Å²) in [7, 11) is 0. The van der Waals surface area contributed by atoms with Gasteiger partial charge in [-0.3, -0.25) is 9.79 Å². The van der Waals surface area contributed by atoms with E-state index in [1.807, 2.05) is 30.3 Å². The maximum Gasteiger partial charge on any atom is 0.338 e. The molecule has 132 valence electrons. The van der Waals surface area contributed by atoms with E-state index in [0.717, 1.165) is 5.69 Å². The van der Waals surface area contributed by atoms with Crippen molar-refractivity contribution in [3.8, 4) is 0 Å². The van der Waals surface area contributed by atoms with E-state index in [0.29, 0.717) is 23.6 Å². The zero-order chi connectivity index (χ0) is 18.5. The highest BCUT2D eigenvalue weighted by molar-refractivity contribution is 6.23. The summed E-state index contributed by atoms with van der Waals surface area (Å²) in [6.45, 7) is 3.87. The first-order valence-electron chi connectivity index (χ1n) is 8.35. The van der Waals surface area contributed by atoms with E-state index in [1.165, 1.54) is 5.01 Å². The molecule has 0 N–H and O–H groups in total. The Hall–Kier alpha value is -3.28. The lowest BCUT2D eigenvalue weighted by molar-refractivity contribution is -0.118. The number of hydrogen-bond donors (Lipinski definition) is 0. The predicted octanol–water partition coefficient (Wildman–Crippen LogP) is 3.60. The van der Waals surface area contributed by atoms with E-state index in [9.17, 15) is 9.59 Å². The zero-order valence-corrected chi connectivity index (χ0v) is 14.6. The Morgan fingerprint density at radius 1 is 1.23 bits per heavy atom. The van der Waals surface area contributed by atoms with Gasteiger partial charge in [0.05, 0.1) is 29.3 Å². The van der Waals surface area contributed by atoms with E-state index in [2.05, 4.69) is 10.1 Å². The van der Waals surface area contributed by atoms with Crippen LogP contribution < -0.4 is 5.01 Å². The molecule has 0 aromatic heterocycles. The van der Waals surface area contributed by atoms with Gasteiger partial charge in [0.25, 0.3) is 5.91 Å².